The first-order chi connectivity index (χ1) is 14.4. The van der Waals surface area contributed by atoms with Crippen LogP contribution in [-0.4, -0.2) is 69.1 Å². The molecule has 30 heavy (non-hydrogen) atoms. The Bertz CT molecular complexity index is 1000. The summed E-state index contributed by atoms with van der Waals surface area (Å²) in [6, 6.07) is 7.02. The maximum absolute atomic E-state index is 13.2. The van der Waals surface area contributed by atoms with Crippen LogP contribution in [0.1, 0.15) is 23.7 Å². The van der Waals surface area contributed by atoms with Crippen LogP contribution in [0.3, 0.4) is 0 Å². The number of hydrogen-bond donors (Lipinski definition) is 0. The smallest absolute Gasteiger partial charge is 0.243 e. The third-order valence-corrected chi connectivity index (χ3v) is 7.64. The molecule has 0 unspecified atom stereocenters. The average molecular weight is 432 g/mol. The van der Waals surface area contributed by atoms with Gasteiger partial charge in [-0.25, -0.2) is 13.4 Å². The van der Waals surface area contributed by atoms with E-state index in [9.17, 15) is 8.42 Å². The predicted octanol–water partition coefficient (Wildman–Crippen LogP) is 1.82. The van der Waals surface area contributed by atoms with E-state index < -0.39 is 10.0 Å². The Hall–Kier alpha value is -2.23. The van der Waals surface area contributed by atoms with E-state index >= 15 is 0 Å². The zero-order chi connectivity index (χ0) is 21.3. The molecule has 0 spiro atoms. The van der Waals surface area contributed by atoms with Gasteiger partial charge in [0.2, 0.25) is 16.0 Å². The molecule has 4 rings (SSSR count). The highest BCUT2D eigenvalue weighted by Gasteiger charge is 2.32. The molecule has 2 aromatic rings. The molecule has 0 saturated carbocycles. The number of sulfonamides is 1. The molecule has 0 amide bonds. The van der Waals surface area contributed by atoms with E-state index in [0.717, 1.165) is 42.3 Å². The minimum absolute atomic E-state index is 0.286. The van der Waals surface area contributed by atoms with E-state index in [2.05, 4.69) is 16.7 Å². The number of anilines is 2. The normalized spacial score (nSPS) is 17.6. The second kappa shape index (κ2) is 8.49. The summed E-state index contributed by atoms with van der Waals surface area (Å²) in [4.78, 5) is 14.2. The number of aryl methyl sites for hydroxylation is 1. The first-order valence-electron chi connectivity index (χ1n) is 10.4. The van der Waals surface area contributed by atoms with Gasteiger partial charge >= 0.3 is 0 Å². The minimum atomic E-state index is -3.57. The first-order valence-corrected chi connectivity index (χ1v) is 11.8. The number of ether oxygens (including phenoxy) is 1. The maximum atomic E-state index is 13.2. The molecule has 9 heteroatoms. The quantitative estimate of drug-likeness (QED) is 0.715. The third kappa shape index (κ3) is 4.01. The number of morpholine rings is 1. The number of aromatic nitrogens is 2. The Morgan fingerprint density at radius 1 is 1.10 bits per heavy atom. The summed E-state index contributed by atoms with van der Waals surface area (Å²) in [5.74, 6) is 1.52. The van der Waals surface area contributed by atoms with Crippen LogP contribution in [0.2, 0.25) is 0 Å². The van der Waals surface area contributed by atoms with E-state index in [4.69, 9.17) is 14.7 Å². The van der Waals surface area contributed by atoms with Crippen LogP contribution in [0, 0.1) is 6.92 Å². The molecule has 0 aliphatic carbocycles. The van der Waals surface area contributed by atoms with Gasteiger partial charge in [-0.1, -0.05) is 17.7 Å². The van der Waals surface area contributed by atoms with Crippen LogP contribution in [0.4, 0.5) is 11.8 Å². The first kappa shape index (κ1) is 21.0. The van der Waals surface area contributed by atoms with E-state index in [1.54, 1.807) is 16.4 Å². The Kier molecular flexibility index (Phi) is 5.95. The molecule has 1 aromatic heterocycles. The number of fused-ring (bicyclic) bond motifs is 1. The molecule has 3 heterocycles. The van der Waals surface area contributed by atoms with Crippen molar-refractivity contribution in [3.8, 4) is 0 Å². The summed E-state index contributed by atoms with van der Waals surface area (Å²) in [6.07, 6.45) is 0.574. The van der Waals surface area contributed by atoms with Crippen molar-refractivity contribution in [3.05, 3.63) is 41.1 Å². The fraction of sp³-hybridized carbons (Fsp3) is 0.524. The van der Waals surface area contributed by atoms with Gasteiger partial charge < -0.3 is 14.5 Å². The van der Waals surface area contributed by atoms with Crippen molar-refractivity contribution < 1.29 is 13.2 Å². The lowest BCUT2D eigenvalue weighted by Gasteiger charge is -2.33. The van der Waals surface area contributed by atoms with E-state index in [-0.39, 0.29) is 6.54 Å². The maximum Gasteiger partial charge on any atom is 0.243 e. The lowest BCUT2D eigenvalue weighted by molar-refractivity contribution is 0.122. The molecule has 1 aromatic carbocycles. The van der Waals surface area contributed by atoms with Gasteiger partial charge in [-0.2, -0.15) is 9.29 Å². The summed E-state index contributed by atoms with van der Waals surface area (Å²) in [6.45, 7) is 8.35. The third-order valence-electron chi connectivity index (χ3n) is 5.78. The molecule has 1 fully saturated rings. The molecular weight excluding hydrogens is 402 g/mol. The number of hydrogen-bond acceptors (Lipinski definition) is 7. The van der Waals surface area contributed by atoms with Crippen molar-refractivity contribution in [2.24, 2.45) is 0 Å². The molecule has 1 saturated heterocycles. The Morgan fingerprint density at radius 2 is 1.80 bits per heavy atom. The summed E-state index contributed by atoms with van der Waals surface area (Å²) in [5, 5.41) is 0. The lowest BCUT2D eigenvalue weighted by atomic mass is 10.1. The van der Waals surface area contributed by atoms with Gasteiger partial charge in [0.25, 0.3) is 0 Å². The van der Waals surface area contributed by atoms with Crippen LogP contribution < -0.4 is 9.80 Å². The van der Waals surface area contributed by atoms with Crippen molar-refractivity contribution in [1.82, 2.24) is 14.3 Å². The standard InChI is InChI=1S/C21H29N5O3S/c1-4-24(3)20-18-15-26(30(27,28)17-7-5-16(2)6-8-17)10-9-19(18)22-21(23-20)25-11-13-29-14-12-25/h5-8H,4,9-15H2,1-3H3. The van der Waals surface area contributed by atoms with Crippen molar-refractivity contribution in [2.75, 3.05) is 56.2 Å². The average Bonchev–Trinajstić information content (AvgIpc) is 2.78. The molecule has 162 valence electrons. The highest BCUT2D eigenvalue weighted by atomic mass is 32.2. The second-order valence-electron chi connectivity index (χ2n) is 7.79. The highest BCUT2D eigenvalue weighted by Crippen LogP contribution is 2.31. The molecule has 2 aliphatic rings. The topological polar surface area (TPSA) is 78.9 Å². The van der Waals surface area contributed by atoms with Crippen LogP contribution in [0.15, 0.2) is 29.2 Å². The molecule has 2 aliphatic heterocycles. The van der Waals surface area contributed by atoms with E-state index in [0.29, 0.717) is 37.0 Å². The fourth-order valence-corrected chi connectivity index (χ4v) is 5.20. The number of rotatable bonds is 5. The zero-order valence-electron chi connectivity index (χ0n) is 17.8. The van der Waals surface area contributed by atoms with Gasteiger partial charge in [0.1, 0.15) is 5.82 Å². The lowest BCUT2D eigenvalue weighted by Crippen LogP contribution is -2.40. The van der Waals surface area contributed by atoms with E-state index in [1.807, 2.05) is 26.1 Å². The summed E-state index contributed by atoms with van der Waals surface area (Å²) >= 11 is 0. The minimum Gasteiger partial charge on any atom is -0.378 e. The zero-order valence-corrected chi connectivity index (χ0v) is 18.7. The van der Waals surface area contributed by atoms with Crippen molar-refractivity contribution in [3.63, 3.8) is 0 Å². The van der Waals surface area contributed by atoms with Gasteiger partial charge in [-0.15, -0.1) is 0 Å². The predicted molar refractivity (Wildman–Crippen MR) is 116 cm³/mol. The molecular formula is C21H29N5O3S. The van der Waals surface area contributed by atoms with Crippen molar-refractivity contribution in [1.29, 1.82) is 0 Å². The molecule has 0 radical (unpaired) electrons. The Labute approximate surface area is 178 Å². The van der Waals surface area contributed by atoms with Crippen LogP contribution >= 0.6 is 0 Å². The van der Waals surface area contributed by atoms with Gasteiger partial charge in [0.15, 0.2) is 0 Å². The van der Waals surface area contributed by atoms with Gasteiger partial charge in [-0.3, -0.25) is 0 Å². The van der Waals surface area contributed by atoms with Crippen LogP contribution in [0.5, 0.6) is 0 Å². The number of benzene rings is 1. The Morgan fingerprint density at radius 3 is 2.47 bits per heavy atom. The SMILES string of the molecule is CCN(C)c1nc(N2CCOCC2)nc2c1CN(S(=O)(=O)c1ccc(C)cc1)CC2. The molecule has 0 N–H and O–H groups in total. The monoisotopic (exact) mass is 431 g/mol. The van der Waals surface area contributed by atoms with E-state index in [1.165, 1.54) is 0 Å². The largest absolute Gasteiger partial charge is 0.378 e. The van der Waals surface area contributed by atoms with Gasteiger partial charge in [0.05, 0.1) is 23.8 Å². The number of nitrogens with zero attached hydrogens (tertiary/aromatic N) is 5. The van der Waals surface area contributed by atoms with Gasteiger partial charge in [-0.05, 0) is 26.0 Å². The summed E-state index contributed by atoms with van der Waals surface area (Å²) < 4.78 is 33.4. The van der Waals surface area contributed by atoms with Crippen LogP contribution in [-0.2, 0) is 27.7 Å². The summed E-state index contributed by atoms with van der Waals surface area (Å²) in [7, 11) is -1.58. The van der Waals surface area contributed by atoms with Crippen molar-refractivity contribution in [2.45, 2.75) is 31.7 Å². The van der Waals surface area contributed by atoms with Crippen molar-refractivity contribution >= 4 is 21.8 Å². The summed E-state index contributed by atoms with van der Waals surface area (Å²) in [5.41, 5.74) is 2.88. The molecule has 0 bridgehead atoms. The Balaban J connectivity index is 1.69. The molecule has 0 atom stereocenters. The fourth-order valence-electron chi connectivity index (χ4n) is 3.79. The molecule has 8 nitrogen and oxygen atoms in total. The van der Waals surface area contributed by atoms with Crippen LogP contribution in [0.25, 0.3) is 0 Å². The van der Waals surface area contributed by atoms with Gasteiger partial charge in [0, 0.05) is 51.8 Å². The highest BCUT2D eigenvalue weighted by molar-refractivity contribution is 7.89. The second-order valence-corrected chi connectivity index (χ2v) is 9.73.